The highest BCUT2D eigenvalue weighted by Gasteiger charge is 2.16. The van der Waals surface area contributed by atoms with Gasteiger partial charge in [0.15, 0.2) is 5.78 Å². The van der Waals surface area contributed by atoms with E-state index in [0.717, 1.165) is 17.5 Å². The Bertz CT molecular complexity index is 464. The van der Waals surface area contributed by atoms with Crippen molar-refractivity contribution in [2.75, 3.05) is 0 Å². The van der Waals surface area contributed by atoms with Crippen molar-refractivity contribution in [1.82, 2.24) is 0 Å². The Hall–Kier alpha value is -1.63. The highest BCUT2D eigenvalue weighted by atomic mass is 16.1. The maximum Gasteiger partial charge on any atom is 0.186 e. The van der Waals surface area contributed by atoms with E-state index in [1.54, 1.807) is 6.08 Å². The first-order chi connectivity index (χ1) is 6.34. The van der Waals surface area contributed by atoms with Crippen LogP contribution in [0.25, 0.3) is 12.2 Å². The lowest BCUT2D eigenvalue weighted by Crippen LogP contribution is -1.94. The normalized spacial score (nSPS) is 16.5. The second-order valence-electron chi connectivity index (χ2n) is 3.44. The molecule has 2 aliphatic carbocycles. The van der Waals surface area contributed by atoms with Crippen LogP contribution in [0.4, 0.5) is 0 Å². The molecule has 1 aromatic rings. The van der Waals surface area contributed by atoms with E-state index in [0.29, 0.717) is 0 Å². The predicted molar refractivity (Wildman–Crippen MR) is 52.5 cm³/mol. The Kier molecular flexibility index (Phi) is 1.15. The minimum absolute atomic E-state index is 0.137. The number of benzene rings is 1. The third-order valence-corrected chi connectivity index (χ3v) is 2.63. The van der Waals surface area contributed by atoms with Crippen molar-refractivity contribution in [2.45, 2.75) is 6.42 Å². The van der Waals surface area contributed by atoms with Gasteiger partial charge >= 0.3 is 0 Å². The first-order valence-corrected chi connectivity index (χ1v) is 4.40. The minimum atomic E-state index is 0.137. The summed E-state index contributed by atoms with van der Waals surface area (Å²) in [6.07, 6.45) is 8.76. The minimum Gasteiger partial charge on any atom is -0.289 e. The van der Waals surface area contributed by atoms with Gasteiger partial charge in [-0.25, -0.2) is 0 Å². The molecule has 3 rings (SSSR count). The van der Waals surface area contributed by atoms with Crippen LogP contribution in [0.3, 0.4) is 0 Å². The lowest BCUT2D eigenvalue weighted by atomic mass is 10.0. The molecule has 0 heterocycles. The SMILES string of the molecule is O=C1C=Cc2cc3c(cc21)C=CC3. The molecule has 1 aromatic carbocycles. The largest absolute Gasteiger partial charge is 0.289 e. The Balaban J connectivity index is 2.30. The molecule has 0 fully saturated rings. The fourth-order valence-corrected chi connectivity index (χ4v) is 1.93. The van der Waals surface area contributed by atoms with Crippen molar-refractivity contribution in [3.63, 3.8) is 0 Å². The zero-order valence-electron chi connectivity index (χ0n) is 7.08. The quantitative estimate of drug-likeness (QED) is 0.581. The van der Waals surface area contributed by atoms with Gasteiger partial charge in [-0.3, -0.25) is 4.79 Å². The Morgan fingerprint density at radius 3 is 2.85 bits per heavy atom. The van der Waals surface area contributed by atoms with Gasteiger partial charge < -0.3 is 0 Å². The highest BCUT2D eigenvalue weighted by molar-refractivity contribution is 6.14. The molecule has 0 amide bonds. The average Bonchev–Trinajstić information content (AvgIpc) is 2.70. The Morgan fingerprint density at radius 2 is 1.92 bits per heavy atom. The summed E-state index contributed by atoms with van der Waals surface area (Å²) < 4.78 is 0. The smallest absolute Gasteiger partial charge is 0.186 e. The highest BCUT2D eigenvalue weighted by Crippen LogP contribution is 2.27. The number of hydrogen-bond donors (Lipinski definition) is 0. The molecule has 0 saturated carbocycles. The lowest BCUT2D eigenvalue weighted by Gasteiger charge is -2.02. The van der Waals surface area contributed by atoms with Crippen LogP contribution in [0, 0.1) is 0 Å². The fraction of sp³-hybridized carbons (Fsp3) is 0.0833. The van der Waals surface area contributed by atoms with E-state index < -0.39 is 0 Å². The molecule has 2 aliphatic rings. The van der Waals surface area contributed by atoms with Gasteiger partial charge in [-0.1, -0.05) is 24.3 Å². The number of carbonyl (C=O) groups excluding carboxylic acids is 1. The molecule has 1 heteroatoms. The van der Waals surface area contributed by atoms with E-state index in [2.05, 4.69) is 18.2 Å². The molecule has 0 aromatic heterocycles. The Morgan fingerprint density at radius 1 is 1.00 bits per heavy atom. The molecule has 0 radical (unpaired) electrons. The van der Waals surface area contributed by atoms with Crippen LogP contribution >= 0.6 is 0 Å². The van der Waals surface area contributed by atoms with Gasteiger partial charge in [0.2, 0.25) is 0 Å². The molecule has 0 aliphatic heterocycles. The number of hydrogen-bond acceptors (Lipinski definition) is 1. The van der Waals surface area contributed by atoms with Crippen LogP contribution in [0.15, 0.2) is 24.3 Å². The van der Waals surface area contributed by atoms with Crippen molar-refractivity contribution < 1.29 is 4.79 Å². The van der Waals surface area contributed by atoms with E-state index in [4.69, 9.17) is 0 Å². The van der Waals surface area contributed by atoms with Crippen molar-refractivity contribution >= 4 is 17.9 Å². The molecule has 0 atom stereocenters. The standard InChI is InChI=1S/C12H8O/c13-12-5-4-10-6-8-2-1-3-9(8)7-11(10)12/h1,3-7H,2H2. The molecule has 0 spiro atoms. The van der Waals surface area contributed by atoms with E-state index in [1.165, 1.54) is 11.1 Å². The second kappa shape index (κ2) is 2.19. The van der Waals surface area contributed by atoms with Gasteiger partial charge in [0.25, 0.3) is 0 Å². The van der Waals surface area contributed by atoms with Crippen LogP contribution in [0.5, 0.6) is 0 Å². The molecular formula is C12H8O. The number of ketones is 1. The van der Waals surface area contributed by atoms with Crippen LogP contribution in [0.2, 0.25) is 0 Å². The zero-order valence-corrected chi connectivity index (χ0v) is 7.08. The second-order valence-corrected chi connectivity index (χ2v) is 3.44. The third-order valence-electron chi connectivity index (χ3n) is 2.63. The summed E-state index contributed by atoms with van der Waals surface area (Å²) >= 11 is 0. The van der Waals surface area contributed by atoms with Crippen LogP contribution in [-0.4, -0.2) is 5.78 Å². The summed E-state index contributed by atoms with van der Waals surface area (Å²) in [6.45, 7) is 0. The van der Waals surface area contributed by atoms with Crippen LogP contribution in [-0.2, 0) is 6.42 Å². The lowest BCUT2D eigenvalue weighted by molar-refractivity contribution is 0.105. The topological polar surface area (TPSA) is 17.1 Å². The first-order valence-electron chi connectivity index (χ1n) is 4.40. The number of rotatable bonds is 0. The molecule has 0 saturated heterocycles. The van der Waals surface area contributed by atoms with Crippen molar-refractivity contribution in [1.29, 1.82) is 0 Å². The van der Waals surface area contributed by atoms with Gasteiger partial charge in [-0.15, -0.1) is 0 Å². The van der Waals surface area contributed by atoms with Gasteiger partial charge in [-0.2, -0.15) is 0 Å². The zero-order chi connectivity index (χ0) is 8.84. The summed E-state index contributed by atoms with van der Waals surface area (Å²) in [5.74, 6) is 0.137. The maximum absolute atomic E-state index is 11.4. The van der Waals surface area contributed by atoms with Gasteiger partial charge in [-0.05, 0) is 35.3 Å². The predicted octanol–water partition coefficient (Wildman–Crippen LogP) is 2.47. The summed E-state index contributed by atoms with van der Waals surface area (Å²) in [7, 11) is 0. The van der Waals surface area contributed by atoms with Crippen LogP contribution in [0.1, 0.15) is 27.0 Å². The van der Waals surface area contributed by atoms with E-state index in [-0.39, 0.29) is 5.78 Å². The number of allylic oxidation sites excluding steroid dienone is 2. The molecule has 1 nitrogen and oxygen atoms in total. The van der Waals surface area contributed by atoms with Crippen molar-refractivity contribution in [2.24, 2.45) is 0 Å². The molecule has 13 heavy (non-hydrogen) atoms. The number of fused-ring (bicyclic) bond motifs is 2. The molecule has 0 bridgehead atoms. The summed E-state index contributed by atoms with van der Waals surface area (Å²) in [4.78, 5) is 11.4. The van der Waals surface area contributed by atoms with Gasteiger partial charge in [0, 0.05) is 5.56 Å². The van der Waals surface area contributed by atoms with E-state index in [1.807, 2.05) is 12.1 Å². The molecule has 62 valence electrons. The van der Waals surface area contributed by atoms with Crippen LogP contribution < -0.4 is 0 Å². The van der Waals surface area contributed by atoms with Crippen molar-refractivity contribution in [3.8, 4) is 0 Å². The Labute approximate surface area is 76.4 Å². The molecule has 0 N–H and O–H groups in total. The fourth-order valence-electron chi connectivity index (χ4n) is 1.93. The molecular weight excluding hydrogens is 160 g/mol. The average molecular weight is 168 g/mol. The van der Waals surface area contributed by atoms with Gasteiger partial charge in [0.1, 0.15) is 0 Å². The van der Waals surface area contributed by atoms with E-state index >= 15 is 0 Å². The number of carbonyl (C=O) groups is 1. The van der Waals surface area contributed by atoms with E-state index in [9.17, 15) is 4.79 Å². The summed E-state index contributed by atoms with van der Waals surface area (Å²) in [6, 6.07) is 4.11. The van der Waals surface area contributed by atoms with Gasteiger partial charge in [0.05, 0.1) is 0 Å². The monoisotopic (exact) mass is 168 g/mol. The molecule has 0 unspecified atom stereocenters. The summed E-state index contributed by atoms with van der Waals surface area (Å²) in [5.41, 5.74) is 4.46. The maximum atomic E-state index is 11.4. The summed E-state index contributed by atoms with van der Waals surface area (Å²) in [5, 5.41) is 0. The third kappa shape index (κ3) is 0.842. The first kappa shape index (κ1) is 6.84. The van der Waals surface area contributed by atoms with Crippen molar-refractivity contribution in [3.05, 3.63) is 46.5 Å².